The third-order valence-corrected chi connectivity index (χ3v) is 6.05. The van der Waals surface area contributed by atoms with Gasteiger partial charge in [0.2, 0.25) is 0 Å². The minimum Gasteiger partial charge on any atom is -0.348 e. The summed E-state index contributed by atoms with van der Waals surface area (Å²) in [5, 5.41) is 9.88. The summed E-state index contributed by atoms with van der Waals surface area (Å²) < 4.78 is 0. The van der Waals surface area contributed by atoms with E-state index in [2.05, 4.69) is 25.6 Å². The minimum atomic E-state index is -0.152. The van der Waals surface area contributed by atoms with Gasteiger partial charge in [0, 0.05) is 18.1 Å². The second-order valence-corrected chi connectivity index (χ2v) is 8.47. The maximum atomic E-state index is 12.3. The van der Waals surface area contributed by atoms with Gasteiger partial charge in [-0.15, -0.1) is 22.7 Å². The van der Waals surface area contributed by atoms with Crippen LogP contribution < -0.4 is 10.6 Å². The number of anilines is 2. The van der Waals surface area contributed by atoms with Crippen molar-refractivity contribution in [3.8, 4) is 10.6 Å². The van der Waals surface area contributed by atoms with Crippen molar-refractivity contribution in [2.45, 2.75) is 20.4 Å². The van der Waals surface area contributed by atoms with Crippen molar-refractivity contribution < 1.29 is 4.79 Å². The molecule has 1 amide bonds. The first-order chi connectivity index (χ1) is 14.1. The van der Waals surface area contributed by atoms with Crippen molar-refractivity contribution in [3.63, 3.8) is 0 Å². The van der Waals surface area contributed by atoms with Crippen LogP contribution in [0.5, 0.6) is 0 Å². The molecule has 1 aromatic carbocycles. The normalized spacial score (nSPS) is 10.7. The van der Waals surface area contributed by atoms with Crippen molar-refractivity contribution in [1.82, 2.24) is 20.3 Å². The summed E-state index contributed by atoms with van der Waals surface area (Å²) in [6.45, 7) is 4.47. The first-order valence-corrected chi connectivity index (χ1v) is 10.7. The molecule has 0 atom stereocenters. The molecule has 3 heterocycles. The molecule has 146 valence electrons. The predicted octanol–water partition coefficient (Wildman–Crippen LogP) is 4.95. The Balaban J connectivity index is 1.38. The molecule has 0 fully saturated rings. The number of nitrogens with zero attached hydrogens (tertiary/aromatic N) is 3. The highest BCUT2D eigenvalue weighted by Crippen LogP contribution is 2.32. The van der Waals surface area contributed by atoms with Gasteiger partial charge in [-0.3, -0.25) is 4.79 Å². The van der Waals surface area contributed by atoms with Gasteiger partial charge in [-0.1, -0.05) is 30.3 Å². The molecule has 8 heteroatoms. The molecule has 0 radical (unpaired) electrons. The fourth-order valence-corrected chi connectivity index (χ4v) is 4.46. The lowest BCUT2D eigenvalue weighted by molar-refractivity contribution is 0.0950. The Bertz CT molecular complexity index is 1120. The molecular weight excluding hydrogens is 402 g/mol. The maximum absolute atomic E-state index is 12.3. The monoisotopic (exact) mass is 421 g/mol. The largest absolute Gasteiger partial charge is 0.348 e. The second-order valence-electron chi connectivity index (χ2n) is 6.41. The van der Waals surface area contributed by atoms with Crippen LogP contribution in [0.4, 0.5) is 10.9 Å². The molecule has 3 aromatic heterocycles. The Labute approximate surface area is 176 Å². The lowest BCUT2D eigenvalue weighted by Gasteiger charge is -2.06. The third-order valence-electron chi connectivity index (χ3n) is 4.20. The van der Waals surface area contributed by atoms with Gasteiger partial charge >= 0.3 is 0 Å². The Morgan fingerprint density at radius 3 is 2.59 bits per heavy atom. The van der Waals surface area contributed by atoms with E-state index in [-0.39, 0.29) is 5.91 Å². The summed E-state index contributed by atoms with van der Waals surface area (Å²) in [5.74, 6) is 0.489. The van der Waals surface area contributed by atoms with E-state index in [0.717, 1.165) is 32.0 Å². The summed E-state index contributed by atoms with van der Waals surface area (Å²) in [5.41, 5.74) is 3.48. The molecule has 0 aliphatic rings. The van der Waals surface area contributed by atoms with Crippen LogP contribution in [0.25, 0.3) is 10.6 Å². The Morgan fingerprint density at radius 1 is 1.07 bits per heavy atom. The number of aromatic nitrogens is 3. The number of hydrogen-bond donors (Lipinski definition) is 2. The first-order valence-electron chi connectivity index (χ1n) is 9.03. The highest BCUT2D eigenvalue weighted by molar-refractivity contribution is 7.16. The predicted molar refractivity (Wildman–Crippen MR) is 118 cm³/mol. The van der Waals surface area contributed by atoms with Crippen molar-refractivity contribution in [1.29, 1.82) is 0 Å². The van der Waals surface area contributed by atoms with Crippen LogP contribution in [-0.2, 0) is 6.54 Å². The van der Waals surface area contributed by atoms with Gasteiger partial charge in [0.15, 0.2) is 5.13 Å². The zero-order valence-electron chi connectivity index (χ0n) is 16.0. The maximum Gasteiger partial charge on any atom is 0.253 e. The number of thiazole rings is 2. The molecule has 0 unspecified atom stereocenters. The van der Waals surface area contributed by atoms with E-state index in [0.29, 0.717) is 17.9 Å². The topological polar surface area (TPSA) is 79.8 Å². The van der Waals surface area contributed by atoms with Crippen LogP contribution in [-0.4, -0.2) is 20.9 Å². The highest BCUT2D eigenvalue weighted by atomic mass is 32.1. The van der Waals surface area contributed by atoms with E-state index < -0.39 is 0 Å². The third kappa shape index (κ3) is 4.67. The number of pyridine rings is 1. The van der Waals surface area contributed by atoms with Gasteiger partial charge in [-0.25, -0.2) is 15.0 Å². The van der Waals surface area contributed by atoms with Gasteiger partial charge in [-0.2, -0.15) is 0 Å². The van der Waals surface area contributed by atoms with Crippen LogP contribution in [0, 0.1) is 13.8 Å². The molecule has 2 N–H and O–H groups in total. The standard InChI is InChI=1S/C21H19N5OS2/c1-13-19(29-14(2)24-13)17-12-28-21(25-17)26-18-9-8-16(11-22-18)20(27)23-10-15-6-4-3-5-7-15/h3-9,11-12H,10H2,1-2H3,(H,23,27)(H,22,25,26). The molecular formula is C21H19N5OS2. The fraction of sp³-hybridized carbons (Fsp3) is 0.143. The first kappa shape index (κ1) is 19.2. The van der Waals surface area contributed by atoms with Gasteiger partial charge < -0.3 is 10.6 Å². The van der Waals surface area contributed by atoms with Crippen molar-refractivity contribution in [2.24, 2.45) is 0 Å². The molecule has 0 saturated carbocycles. The molecule has 4 rings (SSSR count). The number of carbonyl (C=O) groups excluding carboxylic acids is 1. The average molecular weight is 422 g/mol. The number of carbonyl (C=O) groups is 1. The summed E-state index contributed by atoms with van der Waals surface area (Å²) >= 11 is 3.15. The number of amides is 1. The number of aryl methyl sites for hydroxylation is 2. The minimum absolute atomic E-state index is 0.152. The van der Waals surface area contributed by atoms with E-state index >= 15 is 0 Å². The lowest BCUT2D eigenvalue weighted by Crippen LogP contribution is -2.22. The Morgan fingerprint density at radius 2 is 1.90 bits per heavy atom. The fourth-order valence-electron chi connectivity index (χ4n) is 2.80. The van der Waals surface area contributed by atoms with Crippen LogP contribution in [0.3, 0.4) is 0 Å². The quantitative estimate of drug-likeness (QED) is 0.460. The Hall–Kier alpha value is -3.10. The van der Waals surface area contributed by atoms with Gasteiger partial charge in [0.1, 0.15) is 5.82 Å². The van der Waals surface area contributed by atoms with E-state index in [9.17, 15) is 4.79 Å². The zero-order chi connectivity index (χ0) is 20.2. The van der Waals surface area contributed by atoms with Crippen LogP contribution in [0.15, 0.2) is 54.0 Å². The SMILES string of the molecule is Cc1nc(C)c(-c2csc(Nc3ccc(C(=O)NCc4ccccc4)cn3)n2)s1. The summed E-state index contributed by atoms with van der Waals surface area (Å²) in [4.78, 5) is 26.8. The van der Waals surface area contributed by atoms with Gasteiger partial charge in [0.25, 0.3) is 5.91 Å². The van der Waals surface area contributed by atoms with E-state index in [4.69, 9.17) is 0 Å². The molecule has 0 saturated heterocycles. The smallest absolute Gasteiger partial charge is 0.253 e. The van der Waals surface area contributed by atoms with Crippen LogP contribution >= 0.6 is 22.7 Å². The lowest BCUT2D eigenvalue weighted by atomic mass is 10.2. The number of nitrogens with one attached hydrogen (secondary N) is 2. The number of rotatable bonds is 6. The van der Waals surface area contributed by atoms with Gasteiger partial charge in [-0.05, 0) is 31.5 Å². The molecule has 6 nitrogen and oxygen atoms in total. The van der Waals surface area contributed by atoms with Crippen LogP contribution in [0.1, 0.15) is 26.6 Å². The van der Waals surface area contributed by atoms with E-state index in [1.807, 2.05) is 49.6 Å². The Kier molecular flexibility index (Phi) is 5.64. The van der Waals surface area contributed by atoms with Crippen molar-refractivity contribution >= 4 is 39.5 Å². The molecule has 29 heavy (non-hydrogen) atoms. The van der Waals surface area contributed by atoms with Crippen LogP contribution in [0.2, 0.25) is 0 Å². The van der Waals surface area contributed by atoms with Gasteiger partial charge in [0.05, 0.1) is 26.8 Å². The summed E-state index contributed by atoms with van der Waals surface area (Å²) in [6, 6.07) is 13.3. The molecule has 0 bridgehead atoms. The van der Waals surface area contributed by atoms with Crippen molar-refractivity contribution in [3.05, 3.63) is 75.9 Å². The molecule has 0 aliphatic heterocycles. The second kappa shape index (κ2) is 8.50. The number of hydrogen-bond acceptors (Lipinski definition) is 7. The van der Waals surface area contributed by atoms with E-state index in [1.54, 1.807) is 29.7 Å². The van der Waals surface area contributed by atoms with E-state index in [1.165, 1.54) is 11.3 Å². The average Bonchev–Trinajstić information content (AvgIpc) is 3.33. The summed E-state index contributed by atoms with van der Waals surface area (Å²) in [7, 11) is 0. The molecule has 0 spiro atoms. The number of benzene rings is 1. The summed E-state index contributed by atoms with van der Waals surface area (Å²) in [6.07, 6.45) is 1.56. The van der Waals surface area contributed by atoms with Crippen molar-refractivity contribution in [2.75, 3.05) is 5.32 Å². The zero-order valence-corrected chi connectivity index (χ0v) is 17.6. The highest BCUT2D eigenvalue weighted by Gasteiger charge is 2.12. The molecule has 4 aromatic rings. The molecule has 0 aliphatic carbocycles.